The Balaban J connectivity index is 1.61. The Morgan fingerprint density at radius 2 is 1.63 bits per heavy atom. The molecule has 0 saturated heterocycles. The molecule has 0 spiro atoms. The second kappa shape index (κ2) is 8.63. The first-order valence-corrected chi connectivity index (χ1v) is 10.5. The minimum atomic E-state index is -1.12. The van der Waals surface area contributed by atoms with Crippen LogP contribution >= 0.6 is 0 Å². The van der Waals surface area contributed by atoms with E-state index in [1.54, 1.807) is 0 Å². The van der Waals surface area contributed by atoms with Gasteiger partial charge in [-0.3, -0.25) is 0 Å². The van der Waals surface area contributed by atoms with E-state index < -0.39 is 23.3 Å². The number of unbranched alkanes of at least 4 members (excludes halogenated alkanes) is 1. The van der Waals surface area contributed by atoms with Gasteiger partial charge in [0.05, 0.1) is 5.56 Å². The third-order valence-electron chi connectivity index (χ3n) is 6.10. The van der Waals surface area contributed by atoms with Crippen molar-refractivity contribution in [1.82, 2.24) is 0 Å². The van der Waals surface area contributed by atoms with Gasteiger partial charge < -0.3 is 0 Å². The van der Waals surface area contributed by atoms with Gasteiger partial charge in [-0.1, -0.05) is 43.7 Å². The molecule has 0 bridgehead atoms. The zero-order valence-electron chi connectivity index (χ0n) is 17.0. The fraction of sp³-hybridized carbons (Fsp3) is 0.308. The van der Waals surface area contributed by atoms with Crippen LogP contribution in [-0.2, 0) is 19.3 Å². The molecule has 1 atom stereocenters. The molecule has 30 heavy (non-hydrogen) atoms. The van der Waals surface area contributed by atoms with Crippen LogP contribution in [0.5, 0.6) is 0 Å². The van der Waals surface area contributed by atoms with Crippen LogP contribution in [0.25, 0.3) is 11.1 Å². The lowest BCUT2D eigenvalue weighted by Gasteiger charge is -2.26. The van der Waals surface area contributed by atoms with Crippen molar-refractivity contribution < 1.29 is 17.6 Å². The summed E-state index contributed by atoms with van der Waals surface area (Å²) in [6, 6.07) is 12.8. The molecule has 3 aromatic rings. The predicted molar refractivity (Wildman–Crippen MR) is 112 cm³/mol. The molecule has 0 saturated carbocycles. The Morgan fingerprint density at radius 1 is 0.867 bits per heavy atom. The largest absolute Gasteiger partial charge is 0.206 e. The first-order chi connectivity index (χ1) is 14.5. The SMILES string of the molecule is CCCCc1ccc(C2CCc3c(cc(F)c(-c4ccc(F)c(F)c4)c3F)C2)cc1. The molecule has 0 fully saturated rings. The lowest BCUT2D eigenvalue weighted by atomic mass is 9.78. The normalized spacial score (nSPS) is 15.8. The fourth-order valence-corrected chi connectivity index (χ4v) is 4.39. The van der Waals surface area contributed by atoms with Crippen molar-refractivity contribution in [2.75, 3.05) is 0 Å². The fourth-order valence-electron chi connectivity index (χ4n) is 4.39. The summed E-state index contributed by atoms with van der Waals surface area (Å²) in [5.41, 5.74) is 3.36. The summed E-state index contributed by atoms with van der Waals surface area (Å²) in [4.78, 5) is 0. The molecule has 1 aliphatic carbocycles. The third-order valence-corrected chi connectivity index (χ3v) is 6.10. The van der Waals surface area contributed by atoms with Crippen molar-refractivity contribution in [3.05, 3.63) is 94.1 Å². The lowest BCUT2D eigenvalue weighted by Crippen LogP contribution is -2.16. The molecule has 0 amide bonds. The Labute approximate surface area is 174 Å². The monoisotopic (exact) mass is 412 g/mol. The van der Waals surface area contributed by atoms with Gasteiger partial charge in [0.25, 0.3) is 0 Å². The van der Waals surface area contributed by atoms with E-state index in [0.29, 0.717) is 24.0 Å². The second-order valence-corrected chi connectivity index (χ2v) is 8.10. The van der Waals surface area contributed by atoms with E-state index in [2.05, 4.69) is 31.2 Å². The number of rotatable bonds is 5. The molecular formula is C26H24F4. The molecule has 1 aliphatic rings. The molecule has 3 aromatic carbocycles. The molecule has 0 nitrogen and oxygen atoms in total. The van der Waals surface area contributed by atoms with Gasteiger partial charge in [-0.15, -0.1) is 0 Å². The van der Waals surface area contributed by atoms with Crippen molar-refractivity contribution in [1.29, 1.82) is 0 Å². The Bertz CT molecular complexity index is 1050. The van der Waals surface area contributed by atoms with E-state index in [1.165, 1.54) is 23.3 Å². The maximum atomic E-state index is 15.2. The maximum absolute atomic E-state index is 15.2. The van der Waals surface area contributed by atoms with Gasteiger partial charge in [0.2, 0.25) is 0 Å². The van der Waals surface area contributed by atoms with E-state index in [0.717, 1.165) is 37.8 Å². The predicted octanol–water partition coefficient (Wildman–Crippen LogP) is 7.53. The highest BCUT2D eigenvalue weighted by molar-refractivity contribution is 5.67. The van der Waals surface area contributed by atoms with Gasteiger partial charge in [0.15, 0.2) is 11.6 Å². The number of halogens is 4. The molecule has 0 radical (unpaired) electrons. The van der Waals surface area contributed by atoms with E-state index in [4.69, 9.17) is 0 Å². The quantitative estimate of drug-likeness (QED) is 0.380. The van der Waals surface area contributed by atoms with Crippen LogP contribution in [0.2, 0.25) is 0 Å². The van der Waals surface area contributed by atoms with Crippen LogP contribution in [0.3, 0.4) is 0 Å². The van der Waals surface area contributed by atoms with Crippen LogP contribution in [0, 0.1) is 23.3 Å². The summed E-state index contributed by atoms with van der Waals surface area (Å²) in [6.45, 7) is 2.17. The molecule has 156 valence electrons. The maximum Gasteiger partial charge on any atom is 0.159 e. The highest BCUT2D eigenvalue weighted by Gasteiger charge is 2.27. The molecule has 0 N–H and O–H groups in total. The molecule has 4 rings (SSSR count). The Morgan fingerprint density at radius 3 is 2.33 bits per heavy atom. The average molecular weight is 412 g/mol. The van der Waals surface area contributed by atoms with Crippen molar-refractivity contribution in [3.63, 3.8) is 0 Å². The van der Waals surface area contributed by atoms with Crippen LogP contribution in [0.4, 0.5) is 17.6 Å². The summed E-state index contributed by atoms with van der Waals surface area (Å²) in [7, 11) is 0. The molecule has 1 unspecified atom stereocenters. The van der Waals surface area contributed by atoms with Crippen LogP contribution < -0.4 is 0 Å². The zero-order chi connectivity index (χ0) is 21.3. The minimum absolute atomic E-state index is 0.0106. The topological polar surface area (TPSA) is 0 Å². The summed E-state index contributed by atoms with van der Waals surface area (Å²) in [5.74, 6) is -3.35. The average Bonchev–Trinajstić information content (AvgIpc) is 2.74. The first-order valence-electron chi connectivity index (χ1n) is 10.5. The van der Waals surface area contributed by atoms with E-state index >= 15 is 4.39 Å². The van der Waals surface area contributed by atoms with E-state index in [9.17, 15) is 13.2 Å². The van der Waals surface area contributed by atoms with E-state index in [1.807, 2.05) is 0 Å². The number of aryl methyl sites for hydroxylation is 1. The molecule has 0 aliphatic heterocycles. The van der Waals surface area contributed by atoms with Gasteiger partial charge in [-0.25, -0.2) is 17.6 Å². The molecule has 4 heteroatoms. The standard InChI is InChI=1S/C26H24F4/c1-2-3-4-16-5-7-17(8-6-16)18-9-11-21-20(13-18)15-24(29)25(26(21)30)19-10-12-22(27)23(28)14-19/h5-8,10,12,14-15,18H,2-4,9,11,13H2,1H3. The highest BCUT2D eigenvalue weighted by Crippen LogP contribution is 2.38. The minimum Gasteiger partial charge on any atom is -0.206 e. The van der Waals surface area contributed by atoms with Gasteiger partial charge in [0.1, 0.15) is 11.6 Å². The van der Waals surface area contributed by atoms with Crippen LogP contribution in [0.15, 0.2) is 48.5 Å². The lowest BCUT2D eigenvalue weighted by molar-refractivity contribution is 0.508. The number of benzene rings is 3. The Kier molecular flexibility index (Phi) is 5.94. The van der Waals surface area contributed by atoms with Gasteiger partial charge in [-0.05, 0) is 84.0 Å². The number of fused-ring (bicyclic) bond motifs is 1. The number of hydrogen-bond acceptors (Lipinski definition) is 0. The third kappa shape index (κ3) is 4.00. The van der Waals surface area contributed by atoms with Gasteiger partial charge in [0, 0.05) is 0 Å². The Hall–Kier alpha value is -2.62. The van der Waals surface area contributed by atoms with Crippen LogP contribution in [-0.4, -0.2) is 0 Å². The molecule has 0 heterocycles. The summed E-state index contributed by atoms with van der Waals surface area (Å²) in [5, 5.41) is 0. The smallest absolute Gasteiger partial charge is 0.159 e. The van der Waals surface area contributed by atoms with Gasteiger partial charge in [-0.2, -0.15) is 0 Å². The van der Waals surface area contributed by atoms with Crippen molar-refractivity contribution in [2.24, 2.45) is 0 Å². The van der Waals surface area contributed by atoms with E-state index in [-0.39, 0.29) is 17.0 Å². The zero-order valence-corrected chi connectivity index (χ0v) is 17.0. The molecular weight excluding hydrogens is 388 g/mol. The summed E-state index contributed by atoms with van der Waals surface area (Å²) < 4.78 is 56.8. The number of hydrogen-bond donors (Lipinski definition) is 0. The van der Waals surface area contributed by atoms with Crippen molar-refractivity contribution in [3.8, 4) is 11.1 Å². The first kappa shape index (κ1) is 20.6. The highest BCUT2D eigenvalue weighted by atomic mass is 19.2. The van der Waals surface area contributed by atoms with Crippen molar-refractivity contribution in [2.45, 2.75) is 51.4 Å². The second-order valence-electron chi connectivity index (χ2n) is 8.10. The summed E-state index contributed by atoms with van der Waals surface area (Å²) in [6.07, 6.45) is 5.20. The molecule has 0 aromatic heterocycles. The van der Waals surface area contributed by atoms with Crippen molar-refractivity contribution >= 4 is 0 Å². The summed E-state index contributed by atoms with van der Waals surface area (Å²) >= 11 is 0. The van der Waals surface area contributed by atoms with Gasteiger partial charge >= 0.3 is 0 Å². The van der Waals surface area contributed by atoms with Crippen LogP contribution in [0.1, 0.15) is 54.4 Å².